The Morgan fingerprint density at radius 1 is 0.258 bits per heavy atom. The molecule has 1 aromatic heterocycles. The van der Waals surface area contributed by atoms with Crippen LogP contribution in [0.3, 0.4) is 0 Å². The maximum atomic E-state index is 5.23. The van der Waals surface area contributed by atoms with Gasteiger partial charge in [0.25, 0.3) is 0 Å². The third-order valence-electron chi connectivity index (χ3n) is 12.4. The molecule has 290 valence electrons. The summed E-state index contributed by atoms with van der Waals surface area (Å²) in [4.78, 5) is 18.0. The van der Waals surface area contributed by atoms with Gasteiger partial charge in [0.05, 0.1) is 5.41 Å². The van der Waals surface area contributed by atoms with Crippen LogP contribution in [0.4, 0.5) is 0 Å². The van der Waals surface area contributed by atoms with E-state index in [-0.39, 0.29) is 0 Å². The van der Waals surface area contributed by atoms with E-state index in [1.54, 1.807) is 0 Å². The van der Waals surface area contributed by atoms with E-state index in [4.69, 9.17) is 15.0 Å². The molecule has 0 amide bonds. The molecule has 0 N–H and O–H groups in total. The van der Waals surface area contributed by atoms with Crippen LogP contribution >= 0.6 is 11.8 Å². The topological polar surface area (TPSA) is 38.7 Å². The number of fused-ring (bicyclic) bond motifs is 9. The summed E-state index contributed by atoms with van der Waals surface area (Å²) in [6, 6.07) is 80.5. The van der Waals surface area contributed by atoms with Gasteiger partial charge in [-0.1, -0.05) is 206 Å². The van der Waals surface area contributed by atoms with Crippen molar-refractivity contribution in [3.05, 3.63) is 247 Å². The van der Waals surface area contributed by atoms with Crippen molar-refractivity contribution in [2.75, 3.05) is 0 Å². The summed E-state index contributed by atoms with van der Waals surface area (Å²) in [5.74, 6) is 1.92. The molecule has 0 bridgehead atoms. The molecule has 3 nitrogen and oxygen atoms in total. The van der Waals surface area contributed by atoms with Crippen molar-refractivity contribution in [3.63, 3.8) is 0 Å². The lowest BCUT2D eigenvalue weighted by atomic mass is 9.67. The smallest absolute Gasteiger partial charge is 0.164 e. The lowest BCUT2D eigenvalue weighted by Crippen LogP contribution is -2.31. The number of hydrogen-bond acceptors (Lipinski definition) is 4. The predicted molar refractivity (Wildman–Crippen MR) is 254 cm³/mol. The fourth-order valence-electron chi connectivity index (χ4n) is 9.55. The highest BCUT2D eigenvalue weighted by Crippen LogP contribution is 2.62. The molecule has 9 aromatic carbocycles. The number of rotatable bonds is 6. The Labute approximate surface area is 365 Å². The molecule has 1 aliphatic heterocycles. The minimum atomic E-state index is -0.438. The predicted octanol–water partition coefficient (Wildman–Crippen LogP) is 14.7. The minimum Gasteiger partial charge on any atom is -0.208 e. The summed E-state index contributed by atoms with van der Waals surface area (Å²) < 4.78 is 0. The SMILES string of the molecule is c1ccc(-c2cc(-c3ccccc3)cc(-c3ccc(-c4nc(-c5ccccc5)nc(-c5ccc6c(c5)Sc5ccccc5C65c6ccccc6-c6ccccc65)n4)cc3)c2)cc1. The molecule has 12 rings (SSSR count). The number of nitrogens with zero attached hydrogens (tertiary/aromatic N) is 3. The average Bonchev–Trinajstić information content (AvgIpc) is 3.65. The zero-order chi connectivity index (χ0) is 41.0. The monoisotopic (exact) mass is 807 g/mol. The van der Waals surface area contributed by atoms with Gasteiger partial charge >= 0.3 is 0 Å². The lowest BCUT2D eigenvalue weighted by Gasteiger charge is -2.39. The van der Waals surface area contributed by atoms with E-state index in [2.05, 4.69) is 206 Å². The third-order valence-corrected chi connectivity index (χ3v) is 13.5. The maximum Gasteiger partial charge on any atom is 0.164 e. The van der Waals surface area contributed by atoms with Crippen LogP contribution in [0.2, 0.25) is 0 Å². The van der Waals surface area contributed by atoms with Gasteiger partial charge < -0.3 is 0 Å². The Hall–Kier alpha value is -7.66. The summed E-state index contributed by atoms with van der Waals surface area (Å²) in [6.07, 6.45) is 0. The van der Waals surface area contributed by atoms with Crippen LogP contribution < -0.4 is 0 Å². The van der Waals surface area contributed by atoms with Gasteiger partial charge in [0.15, 0.2) is 17.5 Å². The van der Waals surface area contributed by atoms with Gasteiger partial charge in [0, 0.05) is 26.5 Å². The van der Waals surface area contributed by atoms with Gasteiger partial charge in [-0.25, -0.2) is 15.0 Å². The molecule has 0 fully saturated rings. The van der Waals surface area contributed by atoms with Crippen molar-refractivity contribution in [2.45, 2.75) is 15.2 Å². The second-order valence-electron chi connectivity index (χ2n) is 15.9. The van der Waals surface area contributed by atoms with Crippen molar-refractivity contribution in [3.8, 4) is 78.7 Å². The number of hydrogen-bond donors (Lipinski definition) is 0. The molecule has 2 heterocycles. The zero-order valence-corrected chi connectivity index (χ0v) is 34.4. The van der Waals surface area contributed by atoms with Gasteiger partial charge in [-0.3, -0.25) is 0 Å². The molecule has 2 aliphatic rings. The van der Waals surface area contributed by atoms with Crippen molar-refractivity contribution in [2.24, 2.45) is 0 Å². The second kappa shape index (κ2) is 14.8. The molecule has 4 heteroatoms. The fraction of sp³-hybridized carbons (Fsp3) is 0.0172. The van der Waals surface area contributed by atoms with Gasteiger partial charge in [-0.15, -0.1) is 0 Å². The Morgan fingerprint density at radius 3 is 1.18 bits per heavy atom. The summed E-state index contributed by atoms with van der Waals surface area (Å²) in [7, 11) is 0. The summed E-state index contributed by atoms with van der Waals surface area (Å²) in [5, 5.41) is 0. The Balaban J connectivity index is 0.978. The van der Waals surface area contributed by atoms with E-state index in [1.807, 2.05) is 30.0 Å². The molecule has 0 saturated carbocycles. The molecule has 1 aliphatic carbocycles. The van der Waals surface area contributed by atoms with Gasteiger partial charge in [-0.05, 0) is 97.1 Å². The van der Waals surface area contributed by atoms with E-state index in [9.17, 15) is 0 Å². The maximum absolute atomic E-state index is 5.23. The van der Waals surface area contributed by atoms with Crippen LogP contribution in [0.5, 0.6) is 0 Å². The zero-order valence-electron chi connectivity index (χ0n) is 33.6. The van der Waals surface area contributed by atoms with E-state index in [0.717, 1.165) is 27.8 Å². The first-order valence-electron chi connectivity index (χ1n) is 21.0. The van der Waals surface area contributed by atoms with E-state index >= 15 is 0 Å². The molecule has 0 atom stereocenters. The van der Waals surface area contributed by atoms with Crippen LogP contribution in [0.1, 0.15) is 22.3 Å². The quantitative estimate of drug-likeness (QED) is 0.168. The second-order valence-corrected chi connectivity index (χ2v) is 17.0. The van der Waals surface area contributed by atoms with Crippen molar-refractivity contribution < 1.29 is 0 Å². The largest absolute Gasteiger partial charge is 0.208 e. The normalized spacial score (nSPS) is 12.9. The van der Waals surface area contributed by atoms with Crippen LogP contribution in [-0.4, -0.2) is 15.0 Å². The molecule has 0 unspecified atom stereocenters. The standard InChI is InChI=1S/C58H37N3S/c1-4-16-38(17-5-1)44-34-45(39-18-6-2-7-19-39)36-46(35-44)40-28-30-42(31-29-40)56-59-55(41-20-8-3-9-21-41)60-57(61-56)43-32-33-52-54(37-43)62-53-27-15-14-26-51(53)58(52)49-24-12-10-22-47(49)48-23-11-13-25-50(48)58/h1-37H. The van der Waals surface area contributed by atoms with Gasteiger partial charge in [-0.2, -0.15) is 0 Å². The molecule has 10 aromatic rings. The van der Waals surface area contributed by atoms with Crippen molar-refractivity contribution in [1.82, 2.24) is 15.0 Å². The first kappa shape index (κ1) is 36.2. The molecule has 1 spiro atoms. The number of benzene rings is 9. The minimum absolute atomic E-state index is 0.438. The van der Waals surface area contributed by atoms with E-state index < -0.39 is 5.41 Å². The summed E-state index contributed by atoms with van der Waals surface area (Å²) in [5.41, 5.74) is 17.2. The van der Waals surface area contributed by atoms with Crippen LogP contribution in [0, 0.1) is 0 Å². The third kappa shape index (κ3) is 5.94. The molecule has 0 saturated heterocycles. The van der Waals surface area contributed by atoms with Crippen LogP contribution in [-0.2, 0) is 5.41 Å². The fourth-order valence-corrected chi connectivity index (χ4v) is 10.8. The Bertz CT molecular complexity index is 3210. The average molecular weight is 808 g/mol. The summed E-state index contributed by atoms with van der Waals surface area (Å²) >= 11 is 1.83. The van der Waals surface area contributed by atoms with E-state index in [0.29, 0.717) is 17.5 Å². The van der Waals surface area contributed by atoms with Crippen molar-refractivity contribution in [1.29, 1.82) is 0 Å². The van der Waals surface area contributed by atoms with Gasteiger partial charge in [0.2, 0.25) is 0 Å². The highest BCUT2D eigenvalue weighted by Gasteiger charge is 2.50. The van der Waals surface area contributed by atoms with Crippen molar-refractivity contribution >= 4 is 11.8 Å². The van der Waals surface area contributed by atoms with Gasteiger partial charge in [0.1, 0.15) is 0 Å². The Kier molecular flexibility index (Phi) is 8.65. The highest BCUT2D eigenvalue weighted by atomic mass is 32.2. The highest BCUT2D eigenvalue weighted by molar-refractivity contribution is 7.99. The Morgan fingerprint density at radius 2 is 0.629 bits per heavy atom. The van der Waals surface area contributed by atoms with E-state index in [1.165, 1.54) is 65.4 Å². The number of aromatic nitrogens is 3. The molecular formula is C58H37N3S. The first-order chi connectivity index (χ1) is 30.7. The molecule has 0 radical (unpaired) electrons. The molecular weight excluding hydrogens is 771 g/mol. The lowest BCUT2D eigenvalue weighted by molar-refractivity contribution is 0.722. The summed E-state index contributed by atoms with van der Waals surface area (Å²) in [6.45, 7) is 0. The van der Waals surface area contributed by atoms with Crippen LogP contribution in [0.15, 0.2) is 234 Å². The molecule has 62 heavy (non-hydrogen) atoms. The van der Waals surface area contributed by atoms with Crippen LogP contribution in [0.25, 0.3) is 78.7 Å². The first-order valence-corrected chi connectivity index (χ1v) is 21.8.